The number of carbonyl (C=O) groups is 1. The van der Waals surface area contributed by atoms with E-state index < -0.39 is 0 Å². The van der Waals surface area contributed by atoms with Crippen LogP contribution in [0.25, 0.3) is 5.69 Å². The maximum atomic E-state index is 12.8. The van der Waals surface area contributed by atoms with Gasteiger partial charge < -0.3 is 4.74 Å². The van der Waals surface area contributed by atoms with E-state index in [9.17, 15) is 4.79 Å². The molecule has 0 radical (unpaired) electrons. The molecule has 0 aliphatic heterocycles. The molecule has 0 saturated carbocycles. The summed E-state index contributed by atoms with van der Waals surface area (Å²) in [5, 5.41) is 5.31. The van der Waals surface area contributed by atoms with Gasteiger partial charge in [0.1, 0.15) is 5.75 Å². The van der Waals surface area contributed by atoms with Gasteiger partial charge >= 0.3 is 0 Å². The molecule has 3 aromatic rings. The lowest BCUT2D eigenvalue weighted by Gasteiger charge is -2.23. The number of aryl methyl sites for hydroxylation is 1. The van der Waals surface area contributed by atoms with E-state index in [1.165, 1.54) is 0 Å². The number of aromatic nitrogens is 2. The average Bonchev–Trinajstić information content (AvgIpc) is 2.99. The van der Waals surface area contributed by atoms with E-state index >= 15 is 0 Å². The molecule has 26 heavy (non-hydrogen) atoms. The van der Waals surface area contributed by atoms with Crippen molar-refractivity contribution in [2.24, 2.45) is 0 Å². The monoisotopic (exact) mass is 366 g/mol. The minimum atomic E-state index is 0.142. The molecular weight excluding hydrogens is 348 g/mol. The van der Waals surface area contributed by atoms with E-state index in [1.807, 2.05) is 60.1 Å². The fourth-order valence-electron chi connectivity index (χ4n) is 3.67. The van der Waals surface area contributed by atoms with Gasteiger partial charge in [-0.1, -0.05) is 23.7 Å². The van der Waals surface area contributed by atoms with Crippen LogP contribution in [0, 0.1) is 6.92 Å². The molecule has 1 aromatic heterocycles. The Morgan fingerprint density at radius 2 is 1.77 bits per heavy atom. The van der Waals surface area contributed by atoms with Gasteiger partial charge in [-0.2, -0.15) is 5.10 Å². The fraction of sp³-hybridized carbons (Fsp3) is 0.238. The summed E-state index contributed by atoms with van der Waals surface area (Å²) >= 11 is 6.00. The Hall–Kier alpha value is -2.59. The van der Waals surface area contributed by atoms with Crippen LogP contribution in [0.2, 0.25) is 5.02 Å². The Balaban J connectivity index is 1.74. The van der Waals surface area contributed by atoms with E-state index in [4.69, 9.17) is 16.3 Å². The highest BCUT2D eigenvalue weighted by atomic mass is 35.5. The smallest absolute Gasteiger partial charge is 0.167 e. The zero-order chi connectivity index (χ0) is 18.3. The third kappa shape index (κ3) is 2.90. The number of hydrogen-bond donors (Lipinski definition) is 0. The summed E-state index contributed by atoms with van der Waals surface area (Å²) in [6, 6.07) is 15.5. The Morgan fingerprint density at radius 1 is 1.08 bits per heavy atom. The first-order valence-corrected chi connectivity index (χ1v) is 8.96. The first kappa shape index (κ1) is 16.9. The number of Topliss-reactive ketones (excluding diaryl/α,β-unsaturated/α-hetero) is 1. The largest absolute Gasteiger partial charge is 0.497 e. The van der Waals surface area contributed by atoms with E-state index in [0.29, 0.717) is 11.4 Å². The van der Waals surface area contributed by atoms with E-state index in [0.717, 1.165) is 40.4 Å². The van der Waals surface area contributed by atoms with Crippen LogP contribution in [-0.4, -0.2) is 22.7 Å². The number of nitrogens with zero attached hydrogens (tertiary/aromatic N) is 2. The second-order valence-corrected chi connectivity index (χ2v) is 7.03. The number of rotatable bonds is 3. The number of carbonyl (C=O) groups excluding carboxylic acids is 1. The molecule has 5 heteroatoms. The van der Waals surface area contributed by atoms with E-state index in [-0.39, 0.29) is 11.7 Å². The SMILES string of the molecule is COc1ccc(C2CC(=O)c3c(C)nn(-c4ccc(Cl)cc4)c3C2)cc1. The van der Waals surface area contributed by atoms with Gasteiger partial charge in [-0.3, -0.25) is 4.79 Å². The Labute approximate surface area is 157 Å². The van der Waals surface area contributed by atoms with Gasteiger partial charge in [0, 0.05) is 11.4 Å². The van der Waals surface area contributed by atoms with Crippen LogP contribution in [0.1, 0.15) is 39.6 Å². The second kappa shape index (κ2) is 6.61. The van der Waals surface area contributed by atoms with Crippen LogP contribution in [0.4, 0.5) is 0 Å². The minimum Gasteiger partial charge on any atom is -0.497 e. The molecule has 1 heterocycles. The summed E-state index contributed by atoms with van der Waals surface area (Å²) in [5.74, 6) is 1.12. The summed E-state index contributed by atoms with van der Waals surface area (Å²) in [5.41, 5.74) is 4.59. The van der Waals surface area contributed by atoms with Gasteiger partial charge in [0.05, 0.1) is 29.7 Å². The molecule has 1 aliphatic rings. The topological polar surface area (TPSA) is 44.1 Å². The van der Waals surface area contributed by atoms with Crippen molar-refractivity contribution in [3.05, 3.63) is 76.1 Å². The predicted molar refractivity (Wildman–Crippen MR) is 102 cm³/mol. The van der Waals surface area contributed by atoms with E-state index in [2.05, 4.69) is 5.10 Å². The number of methoxy groups -OCH3 is 1. The lowest BCUT2D eigenvalue weighted by Crippen LogP contribution is -2.20. The lowest BCUT2D eigenvalue weighted by molar-refractivity contribution is 0.0963. The summed E-state index contributed by atoms with van der Waals surface area (Å²) in [6.07, 6.45) is 1.28. The summed E-state index contributed by atoms with van der Waals surface area (Å²) < 4.78 is 7.12. The van der Waals surface area contributed by atoms with Gasteiger partial charge in [-0.25, -0.2) is 4.68 Å². The van der Waals surface area contributed by atoms with Crippen molar-refractivity contribution in [1.82, 2.24) is 9.78 Å². The predicted octanol–water partition coefficient (Wildman–Crippen LogP) is 4.76. The van der Waals surface area contributed by atoms with E-state index in [1.54, 1.807) is 7.11 Å². The van der Waals surface area contributed by atoms with Gasteiger partial charge in [-0.15, -0.1) is 0 Å². The molecule has 0 spiro atoms. The van der Waals surface area contributed by atoms with Gasteiger partial charge in [0.2, 0.25) is 0 Å². The molecule has 132 valence electrons. The van der Waals surface area contributed by atoms with Crippen molar-refractivity contribution in [1.29, 1.82) is 0 Å². The molecule has 4 rings (SSSR count). The van der Waals surface area contributed by atoms with Crippen LogP contribution in [-0.2, 0) is 6.42 Å². The number of ether oxygens (including phenoxy) is 1. The normalized spacial score (nSPS) is 16.4. The maximum Gasteiger partial charge on any atom is 0.167 e. The number of benzene rings is 2. The standard InChI is InChI=1S/C21H19ClN2O2/c1-13-21-19(24(23-13)17-7-5-16(22)6-8-17)11-15(12-20(21)25)14-3-9-18(26-2)10-4-14/h3-10,15H,11-12H2,1-2H3. The highest BCUT2D eigenvalue weighted by molar-refractivity contribution is 6.30. The molecule has 1 atom stereocenters. The molecule has 0 bridgehead atoms. The van der Waals surface area contributed by atoms with Crippen molar-refractivity contribution in [2.45, 2.75) is 25.7 Å². The fourth-order valence-corrected chi connectivity index (χ4v) is 3.79. The van der Waals surface area contributed by atoms with Crippen LogP contribution in [0.5, 0.6) is 5.75 Å². The number of ketones is 1. The van der Waals surface area contributed by atoms with Gasteiger partial charge in [0.15, 0.2) is 5.78 Å². The lowest BCUT2D eigenvalue weighted by atomic mass is 9.81. The van der Waals surface area contributed by atoms with Crippen LogP contribution < -0.4 is 4.74 Å². The first-order chi connectivity index (χ1) is 12.6. The quantitative estimate of drug-likeness (QED) is 0.671. The highest BCUT2D eigenvalue weighted by Gasteiger charge is 2.32. The number of halogens is 1. The zero-order valence-corrected chi connectivity index (χ0v) is 15.5. The minimum absolute atomic E-state index is 0.142. The first-order valence-electron chi connectivity index (χ1n) is 8.58. The molecule has 2 aromatic carbocycles. The molecule has 0 amide bonds. The van der Waals surface area contributed by atoms with Gasteiger partial charge in [0.25, 0.3) is 0 Å². The molecule has 1 aliphatic carbocycles. The van der Waals surface area contributed by atoms with Crippen molar-refractivity contribution < 1.29 is 9.53 Å². The van der Waals surface area contributed by atoms with Crippen molar-refractivity contribution in [2.75, 3.05) is 7.11 Å². The summed E-state index contributed by atoms with van der Waals surface area (Å²) in [6.45, 7) is 1.90. The third-order valence-electron chi connectivity index (χ3n) is 4.96. The van der Waals surface area contributed by atoms with Crippen molar-refractivity contribution >= 4 is 17.4 Å². The second-order valence-electron chi connectivity index (χ2n) is 6.60. The Kier molecular flexibility index (Phi) is 4.29. The van der Waals surface area contributed by atoms with Crippen LogP contribution in [0.15, 0.2) is 48.5 Å². The van der Waals surface area contributed by atoms with Crippen LogP contribution in [0.3, 0.4) is 0 Å². The van der Waals surface area contributed by atoms with Crippen molar-refractivity contribution in [3.8, 4) is 11.4 Å². The third-order valence-corrected chi connectivity index (χ3v) is 5.22. The number of fused-ring (bicyclic) bond motifs is 1. The molecule has 4 nitrogen and oxygen atoms in total. The molecule has 0 fully saturated rings. The van der Waals surface area contributed by atoms with Crippen LogP contribution >= 0.6 is 11.6 Å². The molecule has 0 saturated heterocycles. The molecular formula is C21H19ClN2O2. The molecule has 0 N–H and O–H groups in total. The number of hydrogen-bond acceptors (Lipinski definition) is 3. The zero-order valence-electron chi connectivity index (χ0n) is 14.7. The maximum absolute atomic E-state index is 12.8. The highest BCUT2D eigenvalue weighted by Crippen LogP contribution is 2.35. The Bertz CT molecular complexity index is 959. The molecule has 1 unspecified atom stereocenters. The Morgan fingerprint density at radius 3 is 2.42 bits per heavy atom. The summed E-state index contributed by atoms with van der Waals surface area (Å²) in [4.78, 5) is 12.8. The van der Waals surface area contributed by atoms with Crippen molar-refractivity contribution in [3.63, 3.8) is 0 Å². The summed E-state index contributed by atoms with van der Waals surface area (Å²) in [7, 11) is 1.65. The average molecular weight is 367 g/mol. The van der Waals surface area contributed by atoms with Gasteiger partial charge in [-0.05, 0) is 61.2 Å².